The molecule has 1 aliphatic heterocycles. The van der Waals surface area contributed by atoms with E-state index in [1.165, 1.54) is 11.3 Å². The molecular formula is C20H14N4O4S2. The van der Waals surface area contributed by atoms with Gasteiger partial charge >= 0.3 is 0 Å². The highest BCUT2D eigenvalue weighted by Gasteiger charge is 2.17. The van der Waals surface area contributed by atoms with Crippen molar-refractivity contribution < 1.29 is 18.7 Å². The first-order valence-electron chi connectivity index (χ1n) is 8.92. The van der Waals surface area contributed by atoms with Gasteiger partial charge < -0.3 is 19.2 Å². The monoisotopic (exact) mass is 438 g/mol. The first kappa shape index (κ1) is 18.6. The van der Waals surface area contributed by atoms with Crippen molar-refractivity contribution in [3.63, 3.8) is 0 Å². The average Bonchev–Trinajstić information content (AvgIpc) is 3.53. The molecule has 2 aromatic carbocycles. The molecule has 0 fully saturated rings. The van der Waals surface area contributed by atoms with Gasteiger partial charge in [-0.15, -0.1) is 21.5 Å². The molecule has 0 saturated carbocycles. The van der Waals surface area contributed by atoms with Gasteiger partial charge in [0.05, 0.1) is 11.4 Å². The van der Waals surface area contributed by atoms with Crippen LogP contribution in [0.25, 0.3) is 22.7 Å². The van der Waals surface area contributed by atoms with Crippen molar-refractivity contribution in [2.45, 2.75) is 5.22 Å². The number of nitrogens with zero attached hydrogens (tertiary/aromatic N) is 3. The van der Waals surface area contributed by atoms with Gasteiger partial charge in [0.15, 0.2) is 16.6 Å². The highest BCUT2D eigenvalue weighted by molar-refractivity contribution is 7.99. The lowest BCUT2D eigenvalue weighted by Crippen LogP contribution is -2.13. The standard InChI is InChI=1S/C20H14N4O4S2/c25-17(22-19-21-14(9-29-19)12-4-2-1-3-5-12)10-30-20-24-23-18(28-20)13-6-7-15-16(8-13)27-11-26-15/h1-9H,10-11H2,(H,21,22,25). The lowest BCUT2D eigenvalue weighted by Gasteiger charge is -2.00. The van der Waals surface area contributed by atoms with Gasteiger partial charge in [0.1, 0.15) is 0 Å². The van der Waals surface area contributed by atoms with Crippen LogP contribution in [-0.4, -0.2) is 33.6 Å². The second-order valence-electron chi connectivity index (χ2n) is 6.18. The summed E-state index contributed by atoms with van der Waals surface area (Å²) in [7, 11) is 0. The Bertz CT molecular complexity index is 1190. The van der Waals surface area contributed by atoms with Crippen molar-refractivity contribution in [3.8, 4) is 34.2 Å². The van der Waals surface area contributed by atoms with E-state index in [9.17, 15) is 4.79 Å². The number of carbonyl (C=O) groups is 1. The number of aromatic nitrogens is 3. The largest absolute Gasteiger partial charge is 0.454 e. The number of hydrogen-bond donors (Lipinski definition) is 1. The number of nitrogens with one attached hydrogen (secondary N) is 1. The fraction of sp³-hybridized carbons (Fsp3) is 0.100. The van der Waals surface area contributed by atoms with Crippen molar-refractivity contribution in [1.29, 1.82) is 0 Å². The Labute approximate surface area is 179 Å². The van der Waals surface area contributed by atoms with Crippen molar-refractivity contribution in [1.82, 2.24) is 15.2 Å². The van der Waals surface area contributed by atoms with Crippen LogP contribution in [0.5, 0.6) is 11.5 Å². The first-order valence-corrected chi connectivity index (χ1v) is 10.8. The summed E-state index contributed by atoms with van der Waals surface area (Å²) in [6, 6.07) is 15.2. The third-order valence-corrected chi connectivity index (χ3v) is 5.75. The Morgan fingerprint density at radius 3 is 2.83 bits per heavy atom. The summed E-state index contributed by atoms with van der Waals surface area (Å²) < 4.78 is 16.3. The van der Waals surface area contributed by atoms with Crippen LogP contribution in [0.2, 0.25) is 0 Å². The molecule has 0 aliphatic carbocycles. The number of benzene rings is 2. The van der Waals surface area contributed by atoms with Gasteiger partial charge in [-0.2, -0.15) is 0 Å². The smallest absolute Gasteiger partial charge is 0.277 e. The van der Waals surface area contributed by atoms with E-state index in [0.717, 1.165) is 28.6 Å². The minimum Gasteiger partial charge on any atom is -0.454 e. The number of anilines is 1. The van der Waals surface area contributed by atoms with E-state index >= 15 is 0 Å². The summed E-state index contributed by atoms with van der Waals surface area (Å²) in [5.74, 6) is 1.60. The number of carbonyl (C=O) groups excluding carboxylic acids is 1. The van der Waals surface area contributed by atoms with Crippen molar-refractivity contribution in [3.05, 3.63) is 53.9 Å². The summed E-state index contributed by atoms with van der Waals surface area (Å²) in [4.78, 5) is 16.7. The lowest BCUT2D eigenvalue weighted by molar-refractivity contribution is -0.113. The number of amides is 1. The molecule has 1 amide bonds. The molecule has 150 valence electrons. The minimum atomic E-state index is -0.197. The van der Waals surface area contributed by atoms with Crippen LogP contribution in [0.1, 0.15) is 0 Å². The van der Waals surface area contributed by atoms with Gasteiger partial charge in [-0.25, -0.2) is 4.98 Å². The Morgan fingerprint density at radius 2 is 1.93 bits per heavy atom. The molecule has 0 spiro atoms. The molecule has 8 nitrogen and oxygen atoms in total. The molecule has 30 heavy (non-hydrogen) atoms. The van der Waals surface area contributed by atoms with Gasteiger partial charge in [0, 0.05) is 16.5 Å². The maximum absolute atomic E-state index is 12.3. The molecule has 0 saturated heterocycles. The third-order valence-electron chi connectivity index (χ3n) is 4.17. The number of ether oxygens (including phenoxy) is 2. The molecule has 2 aromatic heterocycles. The summed E-state index contributed by atoms with van der Waals surface area (Å²) in [5, 5.41) is 13.6. The summed E-state index contributed by atoms with van der Waals surface area (Å²) in [5.41, 5.74) is 2.55. The number of thioether (sulfide) groups is 1. The molecular weight excluding hydrogens is 424 g/mol. The van der Waals surface area contributed by atoms with E-state index in [2.05, 4.69) is 20.5 Å². The van der Waals surface area contributed by atoms with Crippen molar-refractivity contribution in [2.24, 2.45) is 0 Å². The van der Waals surface area contributed by atoms with Crippen LogP contribution in [0.15, 0.2) is 63.6 Å². The third kappa shape index (κ3) is 4.00. The molecule has 10 heteroatoms. The van der Waals surface area contributed by atoms with Gasteiger partial charge in [-0.3, -0.25) is 4.79 Å². The number of rotatable bonds is 6. The molecule has 0 bridgehead atoms. The molecule has 5 rings (SSSR count). The fourth-order valence-electron chi connectivity index (χ4n) is 2.77. The normalized spacial score (nSPS) is 12.1. The zero-order valence-corrected chi connectivity index (χ0v) is 17.0. The predicted molar refractivity (Wildman–Crippen MR) is 113 cm³/mol. The SMILES string of the molecule is O=C(CSc1nnc(-c2ccc3c(c2)OCO3)o1)Nc1nc(-c2ccccc2)cs1. The first-order chi connectivity index (χ1) is 14.7. The summed E-state index contributed by atoms with van der Waals surface area (Å²) in [6.45, 7) is 0.199. The van der Waals surface area contributed by atoms with E-state index in [1.807, 2.05) is 41.8 Å². The molecule has 3 heterocycles. The van der Waals surface area contributed by atoms with Gasteiger partial charge in [0.2, 0.25) is 18.6 Å². The van der Waals surface area contributed by atoms with Crippen molar-refractivity contribution >= 4 is 34.1 Å². The number of thiazole rings is 1. The highest BCUT2D eigenvalue weighted by Crippen LogP contribution is 2.36. The van der Waals surface area contributed by atoms with E-state index < -0.39 is 0 Å². The van der Waals surface area contributed by atoms with Crippen LogP contribution in [0.3, 0.4) is 0 Å². The van der Waals surface area contributed by atoms with Crippen LogP contribution in [-0.2, 0) is 4.79 Å². The highest BCUT2D eigenvalue weighted by atomic mass is 32.2. The molecule has 1 aliphatic rings. The van der Waals surface area contributed by atoms with E-state index in [4.69, 9.17) is 13.9 Å². The minimum absolute atomic E-state index is 0.128. The van der Waals surface area contributed by atoms with Gasteiger partial charge in [-0.1, -0.05) is 42.1 Å². The molecule has 0 atom stereocenters. The van der Waals surface area contributed by atoms with E-state index in [-0.39, 0.29) is 18.5 Å². The molecule has 4 aromatic rings. The van der Waals surface area contributed by atoms with Gasteiger partial charge in [0.25, 0.3) is 5.22 Å². The lowest BCUT2D eigenvalue weighted by atomic mass is 10.2. The zero-order chi connectivity index (χ0) is 20.3. The fourth-order valence-corrected chi connectivity index (χ4v) is 4.07. The van der Waals surface area contributed by atoms with Crippen molar-refractivity contribution in [2.75, 3.05) is 17.9 Å². The average molecular weight is 438 g/mol. The van der Waals surface area contributed by atoms with E-state index in [1.54, 1.807) is 12.1 Å². The van der Waals surface area contributed by atoms with Crippen LogP contribution in [0, 0.1) is 0 Å². The molecule has 1 N–H and O–H groups in total. The molecule has 0 unspecified atom stereocenters. The predicted octanol–water partition coefficient (Wildman–Crippen LogP) is 4.32. The van der Waals surface area contributed by atoms with Gasteiger partial charge in [-0.05, 0) is 18.2 Å². The zero-order valence-electron chi connectivity index (χ0n) is 15.4. The summed E-state index contributed by atoms with van der Waals surface area (Å²) >= 11 is 2.54. The molecule has 0 radical (unpaired) electrons. The maximum atomic E-state index is 12.3. The van der Waals surface area contributed by atoms with E-state index in [0.29, 0.717) is 27.7 Å². The Kier molecular flexibility index (Phi) is 5.08. The second-order valence-corrected chi connectivity index (χ2v) is 7.97. The second kappa shape index (κ2) is 8.17. The Hall–Kier alpha value is -3.37. The number of fused-ring (bicyclic) bond motifs is 1. The topological polar surface area (TPSA) is 99.4 Å². The van der Waals surface area contributed by atoms with Crippen LogP contribution in [0.4, 0.5) is 5.13 Å². The Balaban J connectivity index is 1.18. The van der Waals surface area contributed by atoms with Crippen LogP contribution < -0.4 is 14.8 Å². The van der Waals surface area contributed by atoms with Crippen LogP contribution >= 0.6 is 23.1 Å². The quantitative estimate of drug-likeness (QED) is 0.444. The maximum Gasteiger partial charge on any atom is 0.277 e. The Morgan fingerprint density at radius 1 is 1.07 bits per heavy atom. The summed E-state index contributed by atoms with van der Waals surface area (Å²) in [6.07, 6.45) is 0. The number of hydrogen-bond acceptors (Lipinski definition) is 9.